The maximum atomic E-state index is 12.5. The first kappa shape index (κ1) is 17.2. The second-order valence-electron chi connectivity index (χ2n) is 6.03. The third-order valence-electron chi connectivity index (χ3n) is 3.83. The summed E-state index contributed by atoms with van der Waals surface area (Å²) in [5.41, 5.74) is 1.56. The molecule has 120 valence electrons. The molecular weight excluding hydrogens is 312 g/mol. The highest BCUT2D eigenvalue weighted by molar-refractivity contribution is 6.31. The van der Waals surface area contributed by atoms with Gasteiger partial charge in [-0.1, -0.05) is 55.8 Å². The van der Waals surface area contributed by atoms with E-state index in [1.165, 1.54) is 7.11 Å². The van der Waals surface area contributed by atoms with Gasteiger partial charge < -0.3 is 4.74 Å². The Morgan fingerprint density at radius 1 is 1.00 bits per heavy atom. The van der Waals surface area contributed by atoms with Gasteiger partial charge in [-0.3, -0.25) is 4.79 Å². The lowest BCUT2D eigenvalue weighted by molar-refractivity contribution is 0.0600. The number of hydrogen-bond acceptors (Lipinski definition) is 3. The third-order valence-corrected chi connectivity index (χ3v) is 4.16. The van der Waals surface area contributed by atoms with Gasteiger partial charge >= 0.3 is 5.97 Å². The summed E-state index contributed by atoms with van der Waals surface area (Å²) in [4.78, 5) is 24.0. The van der Waals surface area contributed by atoms with Gasteiger partial charge in [-0.2, -0.15) is 0 Å². The molecule has 0 aliphatic heterocycles. The largest absolute Gasteiger partial charge is 0.465 e. The van der Waals surface area contributed by atoms with Crippen LogP contribution in [0.4, 0.5) is 0 Å². The lowest BCUT2D eigenvalue weighted by atomic mass is 9.79. The maximum Gasteiger partial charge on any atom is 0.337 e. The standard InChI is InChI=1S/C19H19ClO3/c1-19(2,15-6-4-5-7-16(15)20)12-17(21)13-8-10-14(11-9-13)18(22)23-3/h4-11H,12H2,1-3H3. The fourth-order valence-electron chi connectivity index (χ4n) is 2.52. The van der Waals surface area contributed by atoms with Gasteiger partial charge in [0.15, 0.2) is 5.78 Å². The van der Waals surface area contributed by atoms with E-state index in [2.05, 4.69) is 4.74 Å². The highest BCUT2D eigenvalue weighted by Crippen LogP contribution is 2.33. The summed E-state index contributed by atoms with van der Waals surface area (Å²) >= 11 is 6.25. The van der Waals surface area contributed by atoms with Crippen LogP contribution >= 0.6 is 11.6 Å². The SMILES string of the molecule is COC(=O)c1ccc(C(=O)CC(C)(C)c2ccccc2Cl)cc1. The van der Waals surface area contributed by atoms with E-state index in [-0.39, 0.29) is 11.2 Å². The molecule has 0 saturated carbocycles. The van der Waals surface area contributed by atoms with Crippen LogP contribution in [0.3, 0.4) is 0 Å². The van der Waals surface area contributed by atoms with Crippen LogP contribution in [-0.4, -0.2) is 18.9 Å². The van der Waals surface area contributed by atoms with E-state index in [1.54, 1.807) is 24.3 Å². The number of methoxy groups -OCH3 is 1. The summed E-state index contributed by atoms with van der Waals surface area (Å²) in [6.45, 7) is 3.99. The minimum Gasteiger partial charge on any atom is -0.465 e. The van der Waals surface area contributed by atoms with Crippen molar-refractivity contribution in [1.29, 1.82) is 0 Å². The normalized spacial score (nSPS) is 11.1. The predicted molar refractivity (Wildman–Crippen MR) is 91.2 cm³/mol. The van der Waals surface area contributed by atoms with Crippen molar-refractivity contribution in [2.24, 2.45) is 0 Å². The Labute approximate surface area is 141 Å². The lowest BCUT2D eigenvalue weighted by Gasteiger charge is -2.25. The molecule has 0 atom stereocenters. The summed E-state index contributed by atoms with van der Waals surface area (Å²) in [6, 6.07) is 14.1. The van der Waals surface area contributed by atoms with Crippen molar-refractivity contribution in [3.63, 3.8) is 0 Å². The number of benzene rings is 2. The van der Waals surface area contributed by atoms with Crippen LogP contribution in [0, 0.1) is 0 Å². The smallest absolute Gasteiger partial charge is 0.337 e. The molecule has 3 nitrogen and oxygen atoms in total. The summed E-state index contributed by atoms with van der Waals surface area (Å²) in [5, 5.41) is 0.659. The Morgan fingerprint density at radius 3 is 2.13 bits per heavy atom. The summed E-state index contributed by atoms with van der Waals surface area (Å²) in [6.07, 6.45) is 0.328. The van der Waals surface area contributed by atoms with E-state index in [0.717, 1.165) is 5.56 Å². The third kappa shape index (κ3) is 3.99. The summed E-state index contributed by atoms with van der Waals surface area (Å²) < 4.78 is 4.65. The number of rotatable bonds is 5. The number of esters is 1. The van der Waals surface area contributed by atoms with Gasteiger partial charge in [-0.15, -0.1) is 0 Å². The van der Waals surface area contributed by atoms with E-state index in [1.807, 2.05) is 38.1 Å². The van der Waals surface area contributed by atoms with Gasteiger partial charge in [0.2, 0.25) is 0 Å². The van der Waals surface area contributed by atoms with Gasteiger partial charge in [0.1, 0.15) is 0 Å². The molecular formula is C19H19ClO3. The van der Waals surface area contributed by atoms with Crippen molar-refractivity contribution in [3.8, 4) is 0 Å². The Kier molecular flexibility index (Phi) is 5.22. The molecule has 2 aromatic rings. The van der Waals surface area contributed by atoms with E-state index >= 15 is 0 Å². The van der Waals surface area contributed by atoms with Gasteiger partial charge in [0.05, 0.1) is 12.7 Å². The zero-order chi connectivity index (χ0) is 17.0. The van der Waals surface area contributed by atoms with Crippen LogP contribution in [0.5, 0.6) is 0 Å². The van der Waals surface area contributed by atoms with Crippen LogP contribution < -0.4 is 0 Å². The van der Waals surface area contributed by atoms with Crippen molar-refractivity contribution < 1.29 is 14.3 Å². The molecule has 2 aromatic carbocycles. The number of Topliss-reactive ketones (excluding diaryl/α,β-unsaturated/α-hetero) is 1. The fraction of sp³-hybridized carbons (Fsp3) is 0.263. The number of hydrogen-bond donors (Lipinski definition) is 0. The molecule has 0 heterocycles. The second-order valence-corrected chi connectivity index (χ2v) is 6.44. The topological polar surface area (TPSA) is 43.4 Å². The molecule has 4 heteroatoms. The molecule has 0 amide bonds. The van der Waals surface area contributed by atoms with E-state index < -0.39 is 5.97 Å². The number of carbonyl (C=O) groups excluding carboxylic acids is 2. The minimum absolute atomic E-state index is 0.00587. The van der Waals surface area contributed by atoms with Crippen molar-refractivity contribution in [3.05, 3.63) is 70.2 Å². The summed E-state index contributed by atoms with van der Waals surface area (Å²) in [5.74, 6) is -0.410. The number of halogens is 1. The van der Waals surface area contributed by atoms with Crippen molar-refractivity contribution in [2.75, 3.05) is 7.11 Å². The number of ether oxygens (including phenoxy) is 1. The Morgan fingerprint density at radius 2 is 1.57 bits per heavy atom. The van der Waals surface area contributed by atoms with Gasteiger partial charge in [0.25, 0.3) is 0 Å². The molecule has 0 aliphatic carbocycles. The average Bonchev–Trinajstić information content (AvgIpc) is 2.54. The maximum absolute atomic E-state index is 12.5. The molecule has 0 aromatic heterocycles. The van der Waals surface area contributed by atoms with Crippen LogP contribution in [0.25, 0.3) is 0 Å². The molecule has 0 N–H and O–H groups in total. The number of ketones is 1. The quantitative estimate of drug-likeness (QED) is 0.590. The molecule has 0 unspecified atom stereocenters. The van der Waals surface area contributed by atoms with Gasteiger partial charge in [0, 0.05) is 17.0 Å². The highest BCUT2D eigenvalue weighted by Gasteiger charge is 2.26. The van der Waals surface area contributed by atoms with Crippen LogP contribution in [0.1, 0.15) is 46.5 Å². The first-order valence-electron chi connectivity index (χ1n) is 7.32. The monoisotopic (exact) mass is 330 g/mol. The number of carbonyl (C=O) groups is 2. The Hall–Kier alpha value is -2.13. The highest BCUT2D eigenvalue weighted by atomic mass is 35.5. The average molecular weight is 331 g/mol. The molecule has 0 spiro atoms. The molecule has 2 rings (SSSR count). The fourth-order valence-corrected chi connectivity index (χ4v) is 2.91. The molecule has 0 bridgehead atoms. The lowest BCUT2D eigenvalue weighted by Crippen LogP contribution is -2.22. The van der Waals surface area contributed by atoms with Gasteiger partial charge in [-0.25, -0.2) is 4.79 Å². The molecule has 0 radical (unpaired) electrons. The zero-order valence-electron chi connectivity index (χ0n) is 13.4. The van der Waals surface area contributed by atoms with E-state index in [9.17, 15) is 9.59 Å². The van der Waals surface area contributed by atoms with Crippen LogP contribution in [0.2, 0.25) is 5.02 Å². The molecule has 0 aliphatic rings. The molecule has 0 saturated heterocycles. The van der Waals surface area contributed by atoms with E-state index in [0.29, 0.717) is 22.6 Å². The predicted octanol–water partition coefficient (Wildman–Crippen LogP) is 4.68. The van der Waals surface area contributed by atoms with Crippen LogP contribution in [-0.2, 0) is 10.2 Å². The first-order valence-corrected chi connectivity index (χ1v) is 7.69. The molecule has 23 heavy (non-hydrogen) atoms. The summed E-state index contributed by atoms with van der Waals surface area (Å²) in [7, 11) is 1.33. The van der Waals surface area contributed by atoms with E-state index in [4.69, 9.17) is 11.6 Å². The molecule has 0 fully saturated rings. The first-order chi connectivity index (χ1) is 10.8. The van der Waals surface area contributed by atoms with Gasteiger partial charge in [-0.05, 0) is 29.2 Å². The van der Waals surface area contributed by atoms with Crippen molar-refractivity contribution >= 4 is 23.4 Å². The van der Waals surface area contributed by atoms with Crippen LogP contribution in [0.15, 0.2) is 48.5 Å². The minimum atomic E-state index is -0.416. The van der Waals surface area contributed by atoms with Crippen molar-refractivity contribution in [2.45, 2.75) is 25.7 Å². The second kappa shape index (κ2) is 6.97. The zero-order valence-corrected chi connectivity index (χ0v) is 14.2. The Balaban J connectivity index is 2.18. The Bertz CT molecular complexity index is 718. The van der Waals surface area contributed by atoms with Crippen molar-refractivity contribution in [1.82, 2.24) is 0 Å².